The van der Waals surface area contributed by atoms with Crippen molar-refractivity contribution in [1.82, 2.24) is 9.80 Å². The number of carbonyl (C=O) groups excluding carboxylic acids is 1. The molecule has 4 rings (SSSR count). The molecule has 6 nitrogen and oxygen atoms in total. The van der Waals surface area contributed by atoms with E-state index in [2.05, 4.69) is 22.0 Å². The predicted octanol–water partition coefficient (Wildman–Crippen LogP) is 3.77. The summed E-state index contributed by atoms with van der Waals surface area (Å²) in [6.45, 7) is 6.63. The fraction of sp³-hybridized carbons (Fsp3) is 0.524. The molecule has 1 N–H and O–H groups in total. The van der Waals surface area contributed by atoms with Gasteiger partial charge in [0.25, 0.3) is 0 Å². The molecule has 3 heterocycles. The van der Waals surface area contributed by atoms with Crippen LogP contribution >= 0.6 is 23.6 Å². The molecule has 8 heteroatoms. The lowest BCUT2D eigenvalue weighted by Crippen LogP contribution is -2.49. The van der Waals surface area contributed by atoms with Gasteiger partial charge < -0.3 is 19.4 Å². The number of fused-ring (bicyclic) bond motifs is 1. The largest absolute Gasteiger partial charge is 0.468 e. The van der Waals surface area contributed by atoms with Crippen molar-refractivity contribution in [1.29, 1.82) is 0 Å². The Bertz CT molecular complexity index is 870. The summed E-state index contributed by atoms with van der Waals surface area (Å²) in [5, 5.41) is 4.88. The first kappa shape index (κ1) is 20.4. The third kappa shape index (κ3) is 4.49. The van der Waals surface area contributed by atoms with Gasteiger partial charge in [0.2, 0.25) is 0 Å². The van der Waals surface area contributed by atoms with Crippen LogP contribution in [-0.4, -0.2) is 54.2 Å². The number of nitrogens with zero attached hydrogens (tertiary/aromatic N) is 2. The van der Waals surface area contributed by atoms with Gasteiger partial charge in [-0.2, -0.15) is 0 Å². The Morgan fingerprint density at radius 3 is 2.86 bits per heavy atom. The first-order valence-corrected chi connectivity index (χ1v) is 11.3. The van der Waals surface area contributed by atoms with E-state index in [1.165, 1.54) is 12.0 Å². The number of piperazine rings is 1. The lowest BCUT2D eigenvalue weighted by molar-refractivity contribution is 0.0601. The fourth-order valence-electron chi connectivity index (χ4n) is 4.07. The highest BCUT2D eigenvalue weighted by atomic mass is 32.1. The molecule has 1 aliphatic heterocycles. The lowest BCUT2D eigenvalue weighted by Gasteiger charge is -2.35. The third-order valence-electron chi connectivity index (χ3n) is 5.74. The zero-order valence-corrected chi connectivity index (χ0v) is 18.5. The molecule has 0 spiro atoms. The first-order chi connectivity index (χ1) is 14.0. The van der Waals surface area contributed by atoms with E-state index < -0.39 is 0 Å². The summed E-state index contributed by atoms with van der Waals surface area (Å²) < 4.78 is 10.5. The predicted molar refractivity (Wildman–Crippen MR) is 119 cm³/mol. The fourth-order valence-corrected chi connectivity index (χ4v) is 5.81. The number of anilines is 1. The Morgan fingerprint density at radius 1 is 1.38 bits per heavy atom. The normalized spacial score (nSPS) is 19.7. The number of ether oxygens (including phenoxy) is 1. The molecule has 1 saturated heterocycles. The van der Waals surface area contributed by atoms with Crippen LogP contribution < -0.4 is 5.32 Å². The number of carbonyl (C=O) groups is 1. The van der Waals surface area contributed by atoms with Crippen LogP contribution in [0.4, 0.5) is 5.00 Å². The Kier molecular flexibility index (Phi) is 6.22. The zero-order valence-electron chi connectivity index (χ0n) is 16.9. The molecule has 0 saturated carbocycles. The quantitative estimate of drug-likeness (QED) is 0.582. The van der Waals surface area contributed by atoms with E-state index in [1.54, 1.807) is 17.6 Å². The molecule has 29 heavy (non-hydrogen) atoms. The van der Waals surface area contributed by atoms with Gasteiger partial charge in [0.1, 0.15) is 10.8 Å². The molecule has 0 amide bonds. The highest BCUT2D eigenvalue weighted by Crippen LogP contribution is 2.40. The third-order valence-corrected chi connectivity index (χ3v) is 7.27. The molecule has 2 aliphatic rings. The summed E-state index contributed by atoms with van der Waals surface area (Å²) in [6.07, 6.45) is 4.77. The molecule has 1 unspecified atom stereocenters. The number of hydrogen-bond donors (Lipinski definition) is 1. The van der Waals surface area contributed by atoms with Gasteiger partial charge in [-0.1, -0.05) is 6.92 Å². The number of rotatable bonds is 4. The van der Waals surface area contributed by atoms with Crippen LogP contribution in [0.25, 0.3) is 0 Å². The van der Waals surface area contributed by atoms with Gasteiger partial charge in [-0.3, -0.25) is 4.90 Å². The second-order valence-corrected chi connectivity index (χ2v) is 9.31. The van der Waals surface area contributed by atoms with E-state index in [-0.39, 0.29) is 5.97 Å². The molecule has 1 aliphatic carbocycles. The number of hydrogen-bond acceptors (Lipinski definition) is 6. The van der Waals surface area contributed by atoms with E-state index >= 15 is 0 Å². The average molecular weight is 434 g/mol. The van der Waals surface area contributed by atoms with Crippen LogP contribution in [0.2, 0.25) is 0 Å². The number of esters is 1. The van der Waals surface area contributed by atoms with E-state index in [9.17, 15) is 4.79 Å². The van der Waals surface area contributed by atoms with Crippen molar-refractivity contribution in [3.8, 4) is 0 Å². The van der Waals surface area contributed by atoms with Crippen molar-refractivity contribution < 1.29 is 13.9 Å². The minimum absolute atomic E-state index is 0.273. The highest BCUT2D eigenvalue weighted by Gasteiger charge is 2.29. The van der Waals surface area contributed by atoms with Gasteiger partial charge in [-0.15, -0.1) is 11.3 Å². The summed E-state index contributed by atoms with van der Waals surface area (Å²) in [4.78, 5) is 18.3. The summed E-state index contributed by atoms with van der Waals surface area (Å²) in [5.41, 5.74) is 1.83. The molecule has 0 aromatic carbocycles. The van der Waals surface area contributed by atoms with Gasteiger partial charge in [0.05, 0.1) is 25.5 Å². The van der Waals surface area contributed by atoms with Crippen molar-refractivity contribution >= 4 is 39.6 Å². The topological polar surface area (TPSA) is 58.0 Å². The van der Waals surface area contributed by atoms with Crippen LogP contribution in [0.3, 0.4) is 0 Å². The van der Waals surface area contributed by atoms with Crippen molar-refractivity contribution in [2.24, 2.45) is 5.92 Å². The Labute approximate surface area is 180 Å². The average Bonchev–Trinajstić information content (AvgIpc) is 3.35. The Hall–Kier alpha value is -1.90. The first-order valence-electron chi connectivity index (χ1n) is 10.1. The molecule has 156 valence electrons. The Morgan fingerprint density at radius 2 is 2.17 bits per heavy atom. The van der Waals surface area contributed by atoms with Crippen molar-refractivity contribution in [2.75, 3.05) is 38.6 Å². The second-order valence-electron chi connectivity index (χ2n) is 7.82. The van der Waals surface area contributed by atoms with E-state index in [4.69, 9.17) is 21.4 Å². The molecule has 1 fully saturated rings. The van der Waals surface area contributed by atoms with Gasteiger partial charge in [-0.25, -0.2) is 4.79 Å². The van der Waals surface area contributed by atoms with E-state index in [0.717, 1.165) is 68.3 Å². The molecule has 1 atom stereocenters. The highest BCUT2D eigenvalue weighted by molar-refractivity contribution is 7.80. The maximum absolute atomic E-state index is 12.5. The monoisotopic (exact) mass is 433 g/mol. The molecular weight excluding hydrogens is 406 g/mol. The minimum Gasteiger partial charge on any atom is -0.468 e. The summed E-state index contributed by atoms with van der Waals surface area (Å²) in [5.74, 6) is 1.36. The molecule has 0 radical (unpaired) electrons. The maximum Gasteiger partial charge on any atom is 0.341 e. The van der Waals surface area contributed by atoms with Crippen LogP contribution in [0.15, 0.2) is 22.8 Å². The number of thiocarbonyl (C=S) groups is 1. The van der Waals surface area contributed by atoms with Crippen molar-refractivity contribution in [3.05, 3.63) is 40.2 Å². The SMILES string of the molecule is COC(=O)c1c(NC(=S)N2CCN(Cc3ccco3)CC2)sc2c1CCC(C)C2. The number of thiophene rings is 1. The van der Waals surface area contributed by atoms with Gasteiger partial charge in [0.15, 0.2) is 5.11 Å². The minimum atomic E-state index is -0.273. The number of methoxy groups -OCH3 is 1. The van der Waals surface area contributed by atoms with Crippen molar-refractivity contribution in [2.45, 2.75) is 32.7 Å². The summed E-state index contributed by atoms with van der Waals surface area (Å²) in [6, 6.07) is 3.93. The smallest absolute Gasteiger partial charge is 0.341 e. The van der Waals surface area contributed by atoms with Crippen LogP contribution in [0, 0.1) is 5.92 Å². The zero-order chi connectivity index (χ0) is 20.4. The molecular formula is C21H27N3O3S2. The van der Waals surface area contributed by atoms with E-state index in [0.29, 0.717) is 16.6 Å². The number of nitrogens with one attached hydrogen (secondary N) is 1. The van der Waals surface area contributed by atoms with Crippen molar-refractivity contribution in [3.63, 3.8) is 0 Å². The van der Waals surface area contributed by atoms with E-state index in [1.807, 2.05) is 12.1 Å². The van der Waals surface area contributed by atoms with Crippen LogP contribution in [0.1, 0.15) is 39.9 Å². The van der Waals surface area contributed by atoms with Gasteiger partial charge >= 0.3 is 5.97 Å². The standard InChI is InChI=1S/C21H27N3O3S2/c1-14-5-6-16-17(12-14)29-19(18(16)20(25)26-2)22-21(28)24-9-7-23(8-10-24)13-15-4-3-11-27-15/h3-4,11,14H,5-10,12-13H2,1-2H3,(H,22,28). The molecule has 2 aromatic rings. The second kappa shape index (κ2) is 8.85. The molecule has 2 aromatic heterocycles. The van der Waals surface area contributed by atoms with Crippen LogP contribution in [-0.2, 0) is 24.1 Å². The molecule has 0 bridgehead atoms. The van der Waals surface area contributed by atoms with Crippen LogP contribution in [0.5, 0.6) is 0 Å². The summed E-state index contributed by atoms with van der Waals surface area (Å²) in [7, 11) is 1.44. The Balaban J connectivity index is 1.41. The number of furan rings is 1. The van der Waals surface area contributed by atoms with Gasteiger partial charge in [-0.05, 0) is 55.1 Å². The van der Waals surface area contributed by atoms with Gasteiger partial charge in [0, 0.05) is 31.1 Å². The summed E-state index contributed by atoms with van der Waals surface area (Å²) >= 11 is 7.35. The maximum atomic E-state index is 12.5. The lowest BCUT2D eigenvalue weighted by atomic mass is 9.88.